The smallest absolute Gasteiger partial charge is 0.241 e. The number of guanidine groups is 1. The van der Waals surface area contributed by atoms with E-state index in [-0.39, 0.29) is 24.4 Å². The first-order chi connectivity index (χ1) is 14.9. The van der Waals surface area contributed by atoms with Gasteiger partial charge in [-0.15, -0.1) is 0 Å². The maximum absolute atomic E-state index is 12.0. The molecule has 1 aliphatic rings. The summed E-state index contributed by atoms with van der Waals surface area (Å²) in [6.07, 6.45) is 1.54. The number of aliphatic imine (C=N–C) groups is 1. The fourth-order valence-corrected chi connectivity index (χ4v) is 3.37. The van der Waals surface area contributed by atoms with Crippen LogP contribution in [0.2, 0.25) is 0 Å². The summed E-state index contributed by atoms with van der Waals surface area (Å²) in [6, 6.07) is 18.1. The Morgan fingerprint density at radius 2 is 1.84 bits per heavy atom. The minimum absolute atomic E-state index is 0.0264. The molecule has 0 saturated carbocycles. The predicted octanol–water partition coefficient (Wildman–Crippen LogP) is 2.70. The lowest BCUT2D eigenvalue weighted by Crippen LogP contribution is -2.43. The number of hydrogen-bond acceptors (Lipinski definition) is 3. The van der Waals surface area contributed by atoms with Crippen LogP contribution >= 0.6 is 0 Å². The standard InChI is InChI=1S/C24H31N5O2/c1-18(20-8-5-4-6-9-20)27-24(26-17-23(31)28(2)3)25-16-19-11-13-21(14-12-19)29-15-7-10-22(29)30/h4-6,8-9,11-14,18H,7,10,15-17H2,1-3H3,(H2,25,26,27). The molecule has 2 aromatic rings. The number of carbonyl (C=O) groups is 2. The Kier molecular flexibility index (Phi) is 7.65. The van der Waals surface area contributed by atoms with Crippen molar-refractivity contribution in [2.24, 2.45) is 4.99 Å². The molecular formula is C24H31N5O2. The van der Waals surface area contributed by atoms with Gasteiger partial charge in [0.05, 0.1) is 19.1 Å². The van der Waals surface area contributed by atoms with Crippen LogP contribution in [0.5, 0.6) is 0 Å². The zero-order chi connectivity index (χ0) is 22.2. The monoisotopic (exact) mass is 421 g/mol. The molecule has 1 saturated heterocycles. The van der Waals surface area contributed by atoms with Crippen LogP contribution in [-0.2, 0) is 16.1 Å². The lowest BCUT2D eigenvalue weighted by molar-refractivity contribution is -0.127. The van der Waals surface area contributed by atoms with Crippen molar-refractivity contribution < 1.29 is 9.59 Å². The van der Waals surface area contributed by atoms with Crippen LogP contribution in [0.1, 0.15) is 36.9 Å². The summed E-state index contributed by atoms with van der Waals surface area (Å²) < 4.78 is 0. The molecule has 3 rings (SSSR count). The van der Waals surface area contributed by atoms with E-state index in [0.29, 0.717) is 18.9 Å². The molecule has 164 valence electrons. The number of nitrogens with one attached hydrogen (secondary N) is 2. The van der Waals surface area contributed by atoms with Gasteiger partial charge in [0.15, 0.2) is 5.96 Å². The average molecular weight is 422 g/mol. The van der Waals surface area contributed by atoms with Crippen molar-refractivity contribution in [1.29, 1.82) is 0 Å². The molecule has 0 spiro atoms. The van der Waals surface area contributed by atoms with Gasteiger partial charge in [-0.3, -0.25) is 9.59 Å². The summed E-state index contributed by atoms with van der Waals surface area (Å²) in [5.74, 6) is 0.730. The molecular weight excluding hydrogens is 390 g/mol. The highest BCUT2D eigenvalue weighted by Gasteiger charge is 2.21. The van der Waals surface area contributed by atoms with Gasteiger partial charge in [0.25, 0.3) is 0 Å². The quantitative estimate of drug-likeness (QED) is 0.532. The summed E-state index contributed by atoms with van der Waals surface area (Å²) in [6.45, 7) is 3.46. The number of amides is 2. The Bertz CT molecular complexity index is 909. The van der Waals surface area contributed by atoms with Gasteiger partial charge in [-0.2, -0.15) is 0 Å². The minimum Gasteiger partial charge on any atom is -0.350 e. The van der Waals surface area contributed by atoms with Gasteiger partial charge in [0.2, 0.25) is 11.8 Å². The summed E-state index contributed by atoms with van der Waals surface area (Å²) in [4.78, 5) is 32.0. The summed E-state index contributed by atoms with van der Waals surface area (Å²) in [7, 11) is 3.46. The molecule has 7 nitrogen and oxygen atoms in total. The third-order valence-electron chi connectivity index (χ3n) is 5.30. The summed E-state index contributed by atoms with van der Waals surface area (Å²) in [5, 5.41) is 6.50. The molecule has 2 aromatic carbocycles. The van der Waals surface area contributed by atoms with E-state index in [2.05, 4.69) is 34.7 Å². The topological polar surface area (TPSA) is 77.0 Å². The fraction of sp³-hybridized carbons (Fsp3) is 0.375. The minimum atomic E-state index is -0.0264. The van der Waals surface area contributed by atoms with Crippen molar-refractivity contribution in [3.05, 3.63) is 65.7 Å². The second-order valence-electron chi connectivity index (χ2n) is 7.90. The fourth-order valence-electron chi connectivity index (χ4n) is 3.37. The molecule has 1 unspecified atom stereocenters. The van der Waals surface area contributed by atoms with Crippen LogP contribution in [0.25, 0.3) is 0 Å². The Morgan fingerprint density at radius 1 is 1.13 bits per heavy atom. The Labute approximate surface area is 184 Å². The third kappa shape index (κ3) is 6.31. The second-order valence-corrected chi connectivity index (χ2v) is 7.90. The van der Waals surface area contributed by atoms with Crippen LogP contribution in [0.15, 0.2) is 59.6 Å². The van der Waals surface area contributed by atoms with E-state index in [1.165, 1.54) is 0 Å². The van der Waals surface area contributed by atoms with Crippen LogP contribution in [0.4, 0.5) is 5.69 Å². The van der Waals surface area contributed by atoms with E-state index in [0.717, 1.165) is 29.8 Å². The number of benzene rings is 2. The van der Waals surface area contributed by atoms with Gasteiger partial charge in [-0.25, -0.2) is 4.99 Å². The van der Waals surface area contributed by atoms with Gasteiger partial charge >= 0.3 is 0 Å². The number of nitrogens with zero attached hydrogens (tertiary/aromatic N) is 3. The molecule has 1 heterocycles. The zero-order valence-corrected chi connectivity index (χ0v) is 18.5. The van der Waals surface area contributed by atoms with Crippen molar-refractivity contribution in [2.75, 3.05) is 32.1 Å². The first-order valence-electron chi connectivity index (χ1n) is 10.6. The van der Waals surface area contributed by atoms with Gasteiger partial charge < -0.3 is 20.4 Å². The van der Waals surface area contributed by atoms with Crippen molar-refractivity contribution >= 4 is 23.5 Å². The first kappa shape index (κ1) is 22.3. The lowest BCUT2D eigenvalue weighted by atomic mass is 10.1. The molecule has 7 heteroatoms. The molecule has 2 N–H and O–H groups in total. The Hall–Kier alpha value is -3.35. The number of anilines is 1. The molecule has 0 aromatic heterocycles. The molecule has 1 aliphatic heterocycles. The van der Waals surface area contributed by atoms with Crippen molar-refractivity contribution in [1.82, 2.24) is 15.5 Å². The molecule has 1 fully saturated rings. The van der Waals surface area contributed by atoms with E-state index in [9.17, 15) is 9.59 Å². The third-order valence-corrected chi connectivity index (χ3v) is 5.30. The van der Waals surface area contributed by atoms with E-state index in [4.69, 9.17) is 0 Å². The lowest BCUT2D eigenvalue weighted by Gasteiger charge is -2.20. The van der Waals surface area contributed by atoms with Gasteiger partial charge in [-0.1, -0.05) is 42.5 Å². The molecule has 1 atom stereocenters. The number of likely N-dealkylation sites (N-methyl/N-ethyl adjacent to an activating group) is 1. The van der Waals surface area contributed by atoms with Crippen LogP contribution in [0, 0.1) is 0 Å². The highest BCUT2D eigenvalue weighted by Crippen LogP contribution is 2.21. The van der Waals surface area contributed by atoms with Gasteiger partial charge in [0.1, 0.15) is 0 Å². The second kappa shape index (κ2) is 10.6. The molecule has 0 bridgehead atoms. The average Bonchev–Trinajstić information content (AvgIpc) is 3.22. The van der Waals surface area contributed by atoms with Crippen molar-refractivity contribution in [2.45, 2.75) is 32.4 Å². The molecule has 0 radical (unpaired) electrons. The predicted molar refractivity (Wildman–Crippen MR) is 124 cm³/mol. The summed E-state index contributed by atoms with van der Waals surface area (Å²) in [5.41, 5.74) is 3.10. The SMILES string of the molecule is CC(NC(=NCc1ccc(N2CCCC2=O)cc1)NCC(=O)N(C)C)c1ccccc1. The van der Waals surface area contributed by atoms with Crippen LogP contribution < -0.4 is 15.5 Å². The highest BCUT2D eigenvalue weighted by atomic mass is 16.2. The Balaban J connectivity index is 1.68. The first-order valence-corrected chi connectivity index (χ1v) is 10.6. The maximum Gasteiger partial charge on any atom is 0.241 e. The number of hydrogen-bond donors (Lipinski definition) is 2. The van der Waals surface area contributed by atoms with Crippen LogP contribution in [-0.4, -0.2) is 49.9 Å². The van der Waals surface area contributed by atoms with Crippen molar-refractivity contribution in [3.63, 3.8) is 0 Å². The largest absolute Gasteiger partial charge is 0.350 e. The van der Waals surface area contributed by atoms with E-state index in [1.807, 2.05) is 47.4 Å². The summed E-state index contributed by atoms with van der Waals surface area (Å²) >= 11 is 0. The van der Waals surface area contributed by atoms with E-state index >= 15 is 0 Å². The van der Waals surface area contributed by atoms with E-state index in [1.54, 1.807) is 19.0 Å². The number of carbonyl (C=O) groups excluding carboxylic acids is 2. The normalized spacial score (nSPS) is 15.0. The highest BCUT2D eigenvalue weighted by molar-refractivity contribution is 5.95. The zero-order valence-electron chi connectivity index (χ0n) is 18.5. The molecule has 31 heavy (non-hydrogen) atoms. The maximum atomic E-state index is 12.0. The number of rotatable bonds is 7. The van der Waals surface area contributed by atoms with Crippen LogP contribution in [0.3, 0.4) is 0 Å². The van der Waals surface area contributed by atoms with Crippen molar-refractivity contribution in [3.8, 4) is 0 Å². The molecule has 2 amide bonds. The van der Waals surface area contributed by atoms with E-state index < -0.39 is 0 Å². The van der Waals surface area contributed by atoms with Gasteiger partial charge in [-0.05, 0) is 36.6 Å². The molecule has 0 aliphatic carbocycles. The Morgan fingerprint density at radius 3 is 2.45 bits per heavy atom. The van der Waals surface area contributed by atoms with Gasteiger partial charge in [0, 0.05) is 32.7 Å².